The van der Waals surface area contributed by atoms with E-state index in [0.29, 0.717) is 12.8 Å². The van der Waals surface area contributed by atoms with Crippen LogP contribution in [0.4, 0.5) is 0 Å². The molecule has 1 amide bonds. The van der Waals surface area contributed by atoms with Crippen molar-refractivity contribution in [1.82, 2.24) is 10.6 Å². The largest absolute Gasteiger partial charge is 0.386 e. The van der Waals surface area contributed by atoms with Gasteiger partial charge < -0.3 is 15.7 Å². The van der Waals surface area contributed by atoms with Crippen molar-refractivity contribution in [3.8, 4) is 0 Å². The normalized spacial score (nSPS) is 23.8. The van der Waals surface area contributed by atoms with E-state index >= 15 is 0 Å². The number of carbonyl (C=O) groups excluding carboxylic acids is 2. The van der Waals surface area contributed by atoms with E-state index < -0.39 is 11.1 Å². The van der Waals surface area contributed by atoms with Crippen molar-refractivity contribution in [2.75, 3.05) is 0 Å². The quantitative estimate of drug-likeness (QED) is 0.742. The van der Waals surface area contributed by atoms with E-state index in [4.69, 9.17) is 0 Å². The summed E-state index contributed by atoms with van der Waals surface area (Å²) in [5, 5.41) is 16.2. The molecule has 0 radical (unpaired) electrons. The number of nitrogens with one attached hydrogen (secondary N) is 2. The third kappa shape index (κ3) is 4.67. The molecule has 3 N–H and O–H groups in total. The van der Waals surface area contributed by atoms with Gasteiger partial charge in [-0.2, -0.15) is 0 Å². The highest BCUT2D eigenvalue weighted by Gasteiger charge is 2.38. The van der Waals surface area contributed by atoms with Crippen molar-refractivity contribution < 1.29 is 14.7 Å². The second-order valence-electron chi connectivity index (χ2n) is 7.94. The Balaban J connectivity index is 2.06. The summed E-state index contributed by atoms with van der Waals surface area (Å²) in [5.41, 5.74) is 1.59. The molecule has 1 aliphatic carbocycles. The molecule has 2 aliphatic rings. The molecule has 1 aliphatic heterocycles. The number of allylic oxidation sites excluding steroid dienone is 3. The molecule has 0 aromatic heterocycles. The summed E-state index contributed by atoms with van der Waals surface area (Å²) >= 11 is 0. The third-order valence-corrected chi connectivity index (χ3v) is 4.24. The topological polar surface area (TPSA) is 78.4 Å². The van der Waals surface area contributed by atoms with Crippen LogP contribution in [-0.4, -0.2) is 27.9 Å². The summed E-state index contributed by atoms with van der Waals surface area (Å²) in [6, 6.07) is 0. The minimum atomic E-state index is -0.865. The first kappa shape index (κ1) is 17.7. The number of ketones is 1. The predicted molar refractivity (Wildman–Crippen MR) is 89.4 cm³/mol. The smallest absolute Gasteiger partial charge is 0.217 e. The van der Waals surface area contributed by atoms with E-state index in [9.17, 15) is 14.7 Å². The van der Waals surface area contributed by atoms with E-state index in [1.165, 1.54) is 6.92 Å². The zero-order valence-corrected chi connectivity index (χ0v) is 14.7. The van der Waals surface area contributed by atoms with Gasteiger partial charge in [0, 0.05) is 35.3 Å². The van der Waals surface area contributed by atoms with Crippen molar-refractivity contribution in [1.29, 1.82) is 0 Å². The molecule has 0 aromatic rings. The van der Waals surface area contributed by atoms with E-state index in [0.717, 1.165) is 29.8 Å². The van der Waals surface area contributed by atoms with Gasteiger partial charge in [0.15, 0.2) is 5.78 Å². The first-order valence-corrected chi connectivity index (χ1v) is 8.23. The van der Waals surface area contributed by atoms with Gasteiger partial charge in [-0.05, 0) is 59.5 Å². The third-order valence-electron chi connectivity index (χ3n) is 4.24. The summed E-state index contributed by atoms with van der Waals surface area (Å²) in [7, 11) is 0. The molecule has 1 heterocycles. The summed E-state index contributed by atoms with van der Waals surface area (Å²) in [6.45, 7) is 8.88. The average Bonchev–Trinajstić information content (AvgIpc) is 2.61. The second-order valence-corrected chi connectivity index (χ2v) is 7.94. The number of carbonyl (C=O) groups is 2. The Labute approximate surface area is 138 Å². The monoisotopic (exact) mass is 320 g/mol. The highest BCUT2D eigenvalue weighted by Crippen LogP contribution is 2.38. The maximum atomic E-state index is 12.6. The van der Waals surface area contributed by atoms with Crippen molar-refractivity contribution in [2.45, 2.75) is 71.4 Å². The molecule has 5 heteroatoms. The molecule has 0 saturated heterocycles. The van der Waals surface area contributed by atoms with Crippen molar-refractivity contribution >= 4 is 11.7 Å². The lowest BCUT2D eigenvalue weighted by Crippen LogP contribution is -2.44. The first-order valence-electron chi connectivity index (χ1n) is 8.23. The Hall–Kier alpha value is -1.62. The highest BCUT2D eigenvalue weighted by molar-refractivity contribution is 6.01. The minimum Gasteiger partial charge on any atom is -0.386 e. The van der Waals surface area contributed by atoms with Gasteiger partial charge in [-0.1, -0.05) is 0 Å². The fourth-order valence-electron chi connectivity index (χ4n) is 3.62. The average molecular weight is 320 g/mol. The number of hydrogen-bond acceptors (Lipinski definition) is 4. The minimum absolute atomic E-state index is 0.0771. The van der Waals surface area contributed by atoms with Gasteiger partial charge in [-0.25, -0.2) is 0 Å². The van der Waals surface area contributed by atoms with Crippen LogP contribution in [0.15, 0.2) is 23.0 Å². The highest BCUT2D eigenvalue weighted by atomic mass is 16.3. The molecule has 0 aromatic carbocycles. The Kier molecular flexibility index (Phi) is 4.71. The molecule has 5 nitrogen and oxygen atoms in total. The maximum absolute atomic E-state index is 12.6. The van der Waals surface area contributed by atoms with Crippen LogP contribution in [0.2, 0.25) is 0 Å². The van der Waals surface area contributed by atoms with Gasteiger partial charge >= 0.3 is 0 Å². The fraction of sp³-hybridized carbons (Fsp3) is 0.667. The molecule has 1 unspecified atom stereocenters. The lowest BCUT2D eigenvalue weighted by atomic mass is 9.87. The number of rotatable bonds is 4. The summed E-state index contributed by atoms with van der Waals surface area (Å²) in [6.07, 6.45) is 4.59. The van der Waals surface area contributed by atoms with Gasteiger partial charge in [0.25, 0.3) is 0 Å². The van der Waals surface area contributed by atoms with Crippen LogP contribution in [0.3, 0.4) is 0 Å². The van der Waals surface area contributed by atoms with Crippen molar-refractivity contribution in [2.24, 2.45) is 5.92 Å². The van der Waals surface area contributed by atoms with Crippen molar-refractivity contribution in [3.05, 3.63) is 23.0 Å². The summed E-state index contributed by atoms with van der Waals surface area (Å²) in [5.74, 6) is 0.0377. The predicted octanol–water partition coefficient (Wildman–Crippen LogP) is 2.17. The zero-order chi connectivity index (χ0) is 17.4. The Bertz CT molecular complexity index is 580. The van der Waals surface area contributed by atoms with E-state index in [1.54, 1.807) is 13.8 Å². The van der Waals surface area contributed by atoms with Crippen LogP contribution in [0, 0.1) is 5.92 Å². The molecule has 128 valence electrons. The van der Waals surface area contributed by atoms with Crippen LogP contribution < -0.4 is 10.6 Å². The molecule has 2 rings (SSSR count). The Morgan fingerprint density at radius 2 is 2.00 bits per heavy atom. The number of hydrogen-bond donors (Lipinski definition) is 3. The summed E-state index contributed by atoms with van der Waals surface area (Å²) in [4.78, 5) is 23.9. The molecule has 23 heavy (non-hydrogen) atoms. The summed E-state index contributed by atoms with van der Waals surface area (Å²) < 4.78 is 0. The Morgan fingerprint density at radius 3 is 2.57 bits per heavy atom. The van der Waals surface area contributed by atoms with Gasteiger partial charge in [-0.3, -0.25) is 9.59 Å². The van der Waals surface area contributed by atoms with Crippen LogP contribution in [-0.2, 0) is 9.59 Å². The van der Waals surface area contributed by atoms with Crippen LogP contribution >= 0.6 is 0 Å². The standard InChI is InChI=1S/C18H28N2O3/c1-11(21)20-17(2,3)9-12-8-15-14(16(12)22)7-6-13(19-15)10-18(4,5)23/h10,12,19,23H,6-9H2,1-5H3,(H,20,21). The van der Waals surface area contributed by atoms with Crippen LogP contribution in [0.1, 0.15) is 60.3 Å². The van der Waals surface area contributed by atoms with E-state index in [2.05, 4.69) is 10.6 Å². The van der Waals surface area contributed by atoms with Gasteiger partial charge in [-0.15, -0.1) is 0 Å². The molecule has 1 atom stereocenters. The molecule has 0 fully saturated rings. The van der Waals surface area contributed by atoms with Crippen molar-refractivity contribution in [3.63, 3.8) is 0 Å². The molecule has 0 bridgehead atoms. The Morgan fingerprint density at radius 1 is 1.35 bits per heavy atom. The van der Waals surface area contributed by atoms with Gasteiger partial charge in [0.2, 0.25) is 5.91 Å². The number of amides is 1. The molecule has 0 spiro atoms. The van der Waals surface area contributed by atoms with Gasteiger partial charge in [0.1, 0.15) is 0 Å². The maximum Gasteiger partial charge on any atom is 0.217 e. The fourth-order valence-corrected chi connectivity index (χ4v) is 3.62. The van der Waals surface area contributed by atoms with E-state index in [1.807, 2.05) is 19.9 Å². The molecular formula is C18H28N2O3. The van der Waals surface area contributed by atoms with Gasteiger partial charge in [0.05, 0.1) is 5.60 Å². The number of Topliss-reactive ketones (excluding diaryl/α,β-unsaturated/α-hetero) is 1. The first-order chi connectivity index (χ1) is 10.5. The lowest BCUT2D eigenvalue weighted by Gasteiger charge is -2.28. The van der Waals surface area contributed by atoms with E-state index in [-0.39, 0.29) is 17.6 Å². The second kappa shape index (κ2) is 6.11. The van der Waals surface area contributed by atoms with Crippen LogP contribution in [0.25, 0.3) is 0 Å². The molecule has 0 saturated carbocycles. The SMILES string of the molecule is CC(=O)NC(C)(C)CC1CC2=C(CCC(=CC(C)(C)O)N2)C1=O. The number of aliphatic hydroxyl groups is 1. The lowest BCUT2D eigenvalue weighted by molar-refractivity contribution is -0.122. The zero-order valence-electron chi connectivity index (χ0n) is 14.7. The van der Waals surface area contributed by atoms with Crippen LogP contribution in [0.5, 0.6) is 0 Å². The molecular weight excluding hydrogens is 292 g/mol.